The van der Waals surface area contributed by atoms with Gasteiger partial charge in [-0.3, -0.25) is 18.6 Å². The summed E-state index contributed by atoms with van der Waals surface area (Å²) in [5.74, 6) is -0.936. The maximum absolute atomic E-state index is 12.7. The number of aliphatic hydroxyl groups excluding tert-OH is 2. The maximum atomic E-state index is 12.7. The third-order valence-electron chi connectivity index (χ3n) is 10.7. The molecule has 0 aromatic heterocycles. The fourth-order valence-electron chi connectivity index (χ4n) is 6.80. The number of phosphoric acid groups is 1. The van der Waals surface area contributed by atoms with Crippen LogP contribution in [0.5, 0.6) is 0 Å². The molecule has 0 heterocycles. The van der Waals surface area contributed by atoms with Crippen molar-refractivity contribution in [3.05, 3.63) is 60.8 Å². The van der Waals surface area contributed by atoms with Crippen LogP contribution in [-0.2, 0) is 32.7 Å². The summed E-state index contributed by atoms with van der Waals surface area (Å²) in [6.07, 6.45) is 54.7. The SMILES string of the molecule is CC/C=C\C/C=C\C/C=C\CCCCCCCCCC(=O)OC(COC(=O)CCCCCCCCCCCCC/C=C\C/C=C\CCCCCCC)COP(=O)(O)OCC(O)CO. The van der Waals surface area contributed by atoms with Crippen molar-refractivity contribution in [2.75, 3.05) is 26.4 Å². The van der Waals surface area contributed by atoms with Crippen molar-refractivity contribution in [2.45, 2.75) is 232 Å². The lowest BCUT2D eigenvalue weighted by Gasteiger charge is -2.20. The number of rotatable bonds is 47. The van der Waals surface area contributed by atoms with Crippen LogP contribution in [0.3, 0.4) is 0 Å². The topological polar surface area (TPSA) is 149 Å². The molecular weight excluding hydrogens is 816 g/mol. The lowest BCUT2D eigenvalue weighted by molar-refractivity contribution is -0.161. The Labute approximate surface area is 385 Å². The monoisotopic (exact) mass is 909 g/mol. The number of ether oxygens (including phenoxy) is 2. The van der Waals surface area contributed by atoms with Crippen molar-refractivity contribution in [3.8, 4) is 0 Å². The van der Waals surface area contributed by atoms with Crippen LogP contribution in [0.1, 0.15) is 219 Å². The normalized spacial score (nSPS) is 14.2. The fourth-order valence-corrected chi connectivity index (χ4v) is 7.59. The average molecular weight is 909 g/mol. The van der Waals surface area contributed by atoms with Crippen molar-refractivity contribution in [3.63, 3.8) is 0 Å². The van der Waals surface area contributed by atoms with Gasteiger partial charge >= 0.3 is 19.8 Å². The number of phosphoric ester groups is 1. The zero-order valence-electron chi connectivity index (χ0n) is 40.0. The predicted octanol–water partition coefficient (Wildman–Crippen LogP) is 14.2. The van der Waals surface area contributed by atoms with E-state index >= 15 is 0 Å². The van der Waals surface area contributed by atoms with E-state index in [1.54, 1.807) is 0 Å². The van der Waals surface area contributed by atoms with Crippen molar-refractivity contribution in [2.24, 2.45) is 0 Å². The van der Waals surface area contributed by atoms with Gasteiger partial charge < -0.3 is 24.6 Å². The fraction of sp³-hybridized carbons (Fsp3) is 0.769. The van der Waals surface area contributed by atoms with Crippen LogP contribution in [0, 0.1) is 0 Å². The molecule has 63 heavy (non-hydrogen) atoms. The molecule has 0 aromatic rings. The minimum atomic E-state index is -4.63. The molecule has 0 aromatic carbocycles. The Kier molecular flexibility index (Phi) is 45.9. The Morgan fingerprint density at radius 2 is 0.873 bits per heavy atom. The van der Waals surface area contributed by atoms with Crippen LogP contribution in [0.25, 0.3) is 0 Å². The van der Waals surface area contributed by atoms with Crippen molar-refractivity contribution in [1.29, 1.82) is 0 Å². The lowest BCUT2D eigenvalue weighted by Crippen LogP contribution is -2.29. The number of carbonyl (C=O) groups is 2. The highest BCUT2D eigenvalue weighted by Crippen LogP contribution is 2.43. The van der Waals surface area contributed by atoms with Gasteiger partial charge in [0.2, 0.25) is 0 Å². The van der Waals surface area contributed by atoms with Gasteiger partial charge in [-0.15, -0.1) is 0 Å². The van der Waals surface area contributed by atoms with Gasteiger partial charge in [0.15, 0.2) is 6.10 Å². The van der Waals surface area contributed by atoms with Gasteiger partial charge in [-0.1, -0.05) is 190 Å². The molecule has 0 aliphatic rings. The Morgan fingerprint density at radius 3 is 1.32 bits per heavy atom. The van der Waals surface area contributed by atoms with Crippen LogP contribution >= 0.6 is 7.82 Å². The first-order valence-corrected chi connectivity index (χ1v) is 26.7. The van der Waals surface area contributed by atoms with Crippen LogP contribution in [0.15, 0.2) is 60.8 Å². The molecule has 0 spiro atoms. The number of aliphatic hydroxyl groups is 2. The van der Waals surface area contributed by atoms with Crippen LogP contribution < -0.4 is 0 Å². The summed E-state index contributed by atoms with van der Waals surface area (Å²) in [6.45, 7) is 2.27. The van der Waals surface area contributed by atoms with Gasteiger partial charge in [-0.2, -0.15) is 0 Å². The Morgan fingerprint density at radius 1 is 0.492 bits per heavy atom. The highest BCUT2D eigenvalue weighted by Gasteiger charge is 2.27. The summed E-state index contributed by atoms with van der Waals surface area (Å²) in [5.41, 5.74) is 0. The zero-order valence-corrected chi connectivity index (χ0v) is 40.9. The molecule has 0 aliphatic heterocycles. The maximum Gasteiger partial charge on any atom is 0.472 e. The van der Waals surface area contributed by atoms with Crippen molar-refractivity contribution in [1.82, 2.24) is 0 Å². The molecule has 0 amide bonds. The van der Waals surface area contributed by atoms with Gasteiger partial charge in [0.1, 0.15) is 12.7 Å². The number of hydrogen-bond acceptors (Lipinski definition) is 9. The lowest BCUT2D eigenvalue weighted by atomic mass is 10.0. The molecule has 0 fully saturated rings. The number of hydrogen-bond donors (Lipinski definition) is 3. The molecule has 0 radical (unpaired) electrons. The van der Waals surface area contributed by atoms with E-state index in [0.717, 1.165) is 77.0 Å². The van der Waals surface area contributed by atoms with Gasteiger partial charge in [0, 0.05) is 12.8 Å². The van der Waals surface area contributed by atoms with E-state index in [9.17, 15) is 24.2 Å². The number of unbranched alkanes of at least 4 members (excludes halogenated alkanes) is 23. The number of allylic oxidation sites excluding steroid dienone is 10. The number of carbonyl (C=O) groups excluding carboxylic acids is 2. The van der Waals surface area contributed by atoms with Crippen molar-refractivity contribution >= 4 is 19.8 Å². The molecule has 3 unspecified atom stereocenters. The van der Waals surface area contributed by atoms with Crippen LogP contribution in [0.2, 0.25) is 0 Å². The highest BCUT2D eigenvalue weighted by molar-refractivity contribution is 7.47. The summed E-state index contributed by atoms with van der Waals surface area (Å²) in [4.78, 5) is 35.2. The van der Waals surface area contributed by atoms with Crippen molar-refractivity contribution < 1.29 is 47.8 Å². The first-order chi connectivity index (χ1) is 30.7. The predicted molar refractivity (Wildman–Crippen MR) is 260 cm³/mol. The molecule has 0 rings (SSSR count). The molecular formula is C52H93O10P. The Balaban J connectivity index is 4.18. The summed E-state index contributed by atoms with van der Waals surface area (Å²) < 4.78 is 32.8. The minimum absolute atomic E-state index is 0.171. The smallest absolute Gasteiger partial charge is 0.462 e. The third-order valence-corrected chi connectivity index (χ3v) is 11.6. The molecule has 0 aliphatic carbocycles. The van der Waals surface area contributed by atoms with E-state index in [0.29, 0.717) is 12.8 Å². The van der Waals surface area contributed by atoms with Gasteiger partial charge in [0.25, 0.3) is 0 Å². The quantitative estimate of drug-likeness (QED) is 0.0233. The van der Waals surface area contributed by atoms with E-state index in [4.69, 9.17) is 23.6 Å². The summed E-state index contributed by atoms with van der Waals surface area (Å²) in [7, 11) is -4.63. The van der Waals surface area contributed by atoms with E-state index in [1.807, 2.05) is 0 Å². The summed E-state index contributed by atoms with van der Waals surface area (Å²) in [5, 5.41) is 18.4. The molecule has 10 nitrogen and oxygen atoms in total. The molecule has 0 bridgehead atoms. The second-order valence-corrected chi connectivity index (χ2v) is 18.3. The van der Waals surface area contributed by atoms with Gasteiger partial charge in [-0.25, -0.2) is 4.57 Å². The largest absolute Gasteiger partial charge is 0.472 e. The first kappa shape index (κ1) is 60.7. The minimum Gasteiger partial charge on any atom is -0.462 e. The second-order valence-electron chi connectivity index (χ2n) is 16.8. The Hall–Kier alpha value is -2.33. The first-order valence-electron chi connectivity index (χ1n) is 25.2. The number of esters is 2. The summed E-state index contributed by atoms with van der Waals surface area (Å²) >= 11 is 0. The molecule has 3 N–H and O–H groups in total. The van der Waals surface area contributed by atoms with E-state index in [2.05, 4.69) is 74.6 Å². The standard InChI is InChI=1S/C52H93O10P/c1-3-5-7-9-11-13-15-17-19-21-22-23-24-25-26-28-29-31-33-35-37-39-41-43-51(55)59-47-50(48-61-63(57,58)60-46-49(54)45-53)62-52(56)44-42-40-38-36-34-32-30-27-20-18-16-14-12-10-8-6-4-2/h6,8,12,14-15,17-18,20-22,49-50,53-54H,3-5,7,9-11,13,16,19,23-48H2,1-2H3,(H,57,58)/b8-6-,14-12-,17-15-,20-18-,22-21-. The van der Waals surface area contributed by atoms with E-state index < -0.39 is 51.8 Å². The van der Waals surface area contributed by atoms with Crippen LogP contribution in [-0.4, -0.2) is 65.7 Å². The molecule has 0 saturated heterocycles. The Bertz CT molecular complexity index is 1230. The van der Waals surface area contributed by atoms with Gasteiger partial charge in [0.05, 0.1) is 19.8 Å². The second kappa shape index (κ2) is 47.6. The average Bonchev–Trinajstić information content (AvgIpc) is 3.27. The summed E-state index contributed by atoms with van der Waals surface area (Å²) in [6, 6.07) is 0. The zero-order chi connectivity index (χ0) is 46.2. The third kappa shape index (κ3) is 47.5. The molecule has 366 valence electrons. The van der Waals surface area contributed by atoms with Gasteiger partial charge in [-0.05, 0) is 77.0 Å². The van der Waals surface area contributed by atoms with Crippen LogP contribution in [0.4, 0.5) is 0 Å². The van der Waals surface area contributed by atoms with E-state index in [-0.39, 0.29) is 19.4 Å². The molecule has 3 atom stereocenters. The highest BCUT2D eigenvalue weighted by atomic mass is 31.2. The molecule has 11 heteroatoms. The molecule has 0 saturated carbocycles. The van der Waals surface area contributed by atoms with E-state index in [1.165, 1.54) is 103 Å².